The molecule has 1 nitrogen and oxygen atoms in total. The second-order valence-corrected chi connectivity index (χ2v) is 6.31. The van der Waals surface area contributed by atoms with E-state index in [4.69, 9.17) is 11.6 Å². The van der Waals surface area contributed by atoms with Crippen molar-refractivity contribution in [1.82, 2.24) is 5.32 Å². The van der Waals surface area contributed by atoms with Crippen LogP contribution in [0.3, 0.4) is 0 Å². The van der Waals surface area contributed by atoms with Crippen LogP contribution in [-0.4, -0.2) is 6.54 Å². The molecule has 1 aromatic rings. The number of benzene rings is 1. The fourth-order valence-electron chi connectivity index (χ4n) is 2.38. The molecule has 0 aliphatic carbocycles. The van der Waals surface area contributed by atoms with E-state index >= 15 is 0 Å². The molecule has 0 aromatic heterocycles. The smallest absolute Gasteiger partial charge is 0.147 e. The van der Waals surface area contributed by atoms with E-state index in [2.05, 4.69) is 28.2 Å². The highest BCUT2D eigenvalue weighted by molar-refractivity contribution is 9.10. The first-order chi connectivity index (χ1) is 9.61. The molecule has 114 valence electrons. The van der Waals surface area contributed by atoms with Crippen LogP contribution in [-0.2, 0) is 0 Å². The van der Waals surface area contributed by atoms with Crippen LogP contribution < -0.4 is 5.32 Å². The Morgan fingerprint density at radius 1 is 1.20 bits per heavy atom. The average molecular weight is 365 g/mol. The second-order valence-electron chi connectivity index (χ2n) is 5.08. The van der Waals surface area contributed by atoms with Crippen LogP contribution in [0, 0.1) is 5.82 Å². The summed E-state index contributed by atoms with van der Waals surface area (Å²) in [7, 11) is 0. The van der Waals surface area contributed by atoms with Crippen molar-refractivity contribution in [2.45, 2.75) is 58.4 Å². The van der Waals surface area contributed by atoms with Gasteiger partial charge in [0.2, 0.25) is 0 Å². The number of nitrogens with one attached hydrogen (secondary N) is 1. The van der Waals surface area contributed by atoms with Crippen molar-refractivity contribution >= 4 is 27.5 Å². The number of hydrogen-bond donors (Lipinski definition) is 1. The number of halogens is 3. The van der Waals surface area contributed by atoms with Crippen molar-refractivity contribution in [3.63, 3.8) is 0 Å². The van der Waals surface area contributed by atoms with E-state index in [0.717, 1.165) is 19.4 Å². The summed E-state index contributed by atoms with van der Waals surface area (Å²) in [6, 6.07) is 3.69. The highest BCUT2D eigenvalue weighted by Crippen LogP contribution is 2.32. The summed E-state index contributed by atoms with van der Waals surface area (Å²) in [6.45, 7) is 5.08. The summed E-state index contributed by atoms with van der Waals surface area (Å²) in [5.41, 5.74) is 0.676. The molecule has 0 radical (unpaired) electrons. The third-order valence-corrected chi connectivity index (χ3v) is 4.75. The summed E-state index contributed by atoms with van der Waals surface area (Å²) in [5, 5.41) is 3.54. The van der Waals surface area contributed by atoms with Gasteiger partial charge < -0.3 is 5.32 Å². The van der Waals surface area contributed by atoms with Gasteiger partial charge in [0.1, 0.15) is 5.82 Å². The van der Waals surface area contributed by atoms with Gasteiger partial charge in [-0.15, -0.1) is 0 Å². The zero-order valence-corrected chi connectivity index (χ0v) is 14.7. The van der Waals surface area contributed by atoms with Crippen LogP contribution in [0.25, 0.3) is 0 Å². The fourth-order valence-corrected chi connectivity index (χ4v) is 2.85. The summed E-state index contributed by atoms with van der Waals surface area (Å²) in [4.78, 5) is 0. The van der Waals surface area contributed by atoms with Gasteiger partial charge in [0.25, 0.3) is 0 Å². The molecule has 0 amide bonds. The van der Waals surface area contributed by atoms with E-state index in [0.29, 0.717) is 10.0 Å². The number of hydrogen-bond acceptors (Lipinski definition) is 1. The van der Waals surface area contributed by atoms with Gasteiger partial charge in [0.15, 0.2) is 0 Å². The maximum Gasteiger partial charge on any atom is 0.147 e. The first-order valence-electron chi connectivity index (χ1n) is 7.48. The van der Waals surface area contributed by atoms with Crippen LogP contribution in [0.2, 0.25) is 5.02 Å². The van der Waals surface area contributed by atoms with E-state index in [1.54, 1.807) is 0 Å². The topological polar surface area (TPSA) is 12.0 Å². The normalized spacial score (nSPS) is 12.7. The first-order valence-corrected chi connectivity index (χ1v) is 8.65. The lowest BCUT2D eigenvalue weighted by Crippen LogP contribution is -2.22. The maximum atomic E-state index is 14.3. The second kappa shape index (κ2) is 9.75. The Hall–Kier alpha value is -0.120. The molecular weight excluding hydrogens is 341 g/mol. The third-order valence-electron chi connectivity index (χ3n) is 3.49. The van der Waals surface area contributed by atoms with E-state index < -0.39 is 0 Å². The third kappa shape index (κ3) is 5.34. The molecule has 1 atom stereocenters. The minimum Gasteiger partial charge on any atom is -0.310 e. The molecule has 0 saturated carbocycles. The van der Waals surface area contributed by atoms with Gasteiger partial charge in [-0.05, 0) is 35.0 Å². The van der Waals surface area contributed by atoms with E-state index in [9.17, 15) is 4.39 Å². The van der Waals surface area contributed by atoms with Gasteiger partial charge in [-0.25, -0.2) is 4.39 Å². The van der Waals surface area contributed by atoms with Gasteiger partial charge in [0, 0.05) is 16.1 Å². The number of rotatable bonds is 9. The molecule has 0 spiro atoms. The van der Waals surface area contributed by atoms with Gasteiger partial charge in [-0.2, -0.15) is 0 Å². The molecule has 20 heavy (non-hydrogen) atoms. The van der Waals surface area contributed by atoms with E-state index in [-0.39, 0.29) is 16.9 Å². The van der Waals surface area contributed by atoms with E-state index in [1.807, 2.05) is 19.1 Å². The Balaban J connectivity index is 2.68. The van der Waals surface area contributed by atoms with Gasteiger partial charge >= 0.3 is 0 Å². The molecule has 0 aliphatic rings. The highest BCUT2D eigenvalue weighted by atomic mass is 79.9. The molecule has 0 saturated heterocycles. The predicted molar refractivity (Wildman–Crippen MR) is 88.9 cm³/mol. The van der Waals surface area contributed by atoms with Gasteiger partial charge in [0.05, 0.1) is 5.02 Å². The minimum absolute atomic E-state index is 0.0484. The molecule has 0 heterocycles. The minimum atomic E-state index is -0.305. The van der Waals surface area contributed by atoms with Crippen molar-refractivity contribution in [2.75, 3.05) is 6.54 Å². The van der Waals surface area contributed by atoms with Crippen LogP contribution >= 0.6 is 27.5 Å². The average Bonchev–Trinajstić information content (AvgIpc) is 2.44. The SMILES string of the molecule is CCCCCCCC(NCC)c1ccc(Br)c(Cl)c1F. The van der Waals surface area contributed by atoms with Crippen molar-refractivity contribution in [3.8, 4) is 0 Å². The van der Waals surface area contributed by atoms with Crippen molar-refractivity contribution < 1.29 is 4.39 Å². The van der Waals surface area contributed by atoms with Crippen LogP contribution in [0.1, 0.15) is 64.0 Å². The quantitative estimate of drug-likeness (QED) is 0.403. The van der Waals surface area contributed by atoms with Crippen molar-refractivity contribution in [3.05, 3.63) is 33.0 Å². The molecular formula is C16H24BrClFN. The maximum absolute atomic E-state index is 14.3. The monoisotopic (exact) mass is 363 g/mol. The van der Waals surface area contributed by atoms with Crippen molar-refractivity contribution in [1.29, 1.82) is 0 Å². The lowest BCUT2D eigenvalue weighted by Gasteiger charge is -2.20. The molecule has 1 unspecified atom stereocenters. The standard InChI is InChI=1S/C16H24BrClFN/c1-3-5-6-7-8-9-14(20-4-2)12-10-11-13(17)15(18)16(12)19/h10-11,14,20H,3-9H2,1-2H3. The molecule has 0 bridgehead atoms. The van der Waals surface area contributed by atoms with Crippen LogP contribution in [0.5, 0.6) is 0 Å². The lowest BCUT2D eigenvalue weighted by atomic mass is 9.99. The Bertz CT molecular complexity index is 412. The van der Waals surface area contributed by atoms with Crippen LogP contribution in [0.15, 0.2) is 16.6 Å². The largest absolute Gasteiger partial charge is 0.310 e. The molecule has 1 aromatic carbocycles. The zero-order valence-electron chi connectivity index (χ0n) is 12.3. The van der Waals surface area contributed by atoms with Crippen molar-refractivity contribution in [2.24, 2.45) is 0 Å². The molecule has 1 N–H and O–H groups in total. The first kappa shape index (κ1) is 17.9. The predicted octanol–water partition coefficient (Wildman–Crippen LogP) is 6.25. The highest BCUT2D eigenvalue weighted by Gasteiger charge is 2.18. The Kier molecular flexibility index (Phi) is 8.74. The number of unbranched alkanes of at least 4 members (excludes halogenated alkanes) is 4. The molecule has 1 rings (SSSR count). The van der Waals surface area contributed by atoms with Gasteiger partial charge in [-0.1, -0.05) is 63.6 Å². The summed E-state index contributed by atoms with van der Waals surface area (Å²) < 4.78 is 14.9. The van der Waals surface area contributed by atoms with Gasteiger partial charge in [-0.3, -0.25) is 0 Å². The fraction of sp³-hybridized carbons (Fsp3) is 0.625. The van der Waals surface area contributed by atoms with E-state index in [1.165, 1.54) is 25.7 Å². The zero-order chi connectivity index (χ0) is 15.0. The lowest BCUT2D eigenvalue weighted by molar-refractivity contribution is 0.459. The Morgan fingerprint density at radius 3 is 2.55 bits per heavy atom. The summed E-state index contributed by atoms with van der Waals surface area (Å²) >= 11 is 9.24. The Labute approximate surface area is 135 Å². The molecule has 4 heteroatoms. The molecule has 0 aliphatic heterocycles. The summed E-state index contributed by atoms with van der Waals surface area (Å²) in [6.07, 6.45) is 7.07. The Morgan fingerprint density at radius 2 is 1.90 bits per heavy atom. The van der Waals surface area contributed by atoms with Crippen LogP contribution in [0.4, 0.5) is 4.39 Å². The summed E-state index contributed by atoms with van der Waals surface area (Å²) in [5.74, 6) is -0.305. The molecule has 0 fully saturated rings.